The fourth-order valence-corrected chi connectivity index (χ4v) is 6.04. The molecule has 178 valence electrons. The average molecular weight is 565 g/mol. The SMILES string of the molecule is COc1cc(/C=C/C2=C(C(=O)O)N3C(=O)[C@@H](N=C([O-])/C(=N\O)c4nc(N)sc4Cl)[C@H]3SC2)sn1.[Na+]. The Bertz CT molecular complexity index is 1290. The molecule has 2 atom stereocenters. The molecule has 2 aliphatic rings. The first-order valence-corrected chi connectivity index (χ1v) is 12.3. The second-order valence-electron chi connectivity index (χ2n) is 6.70. The molecule has 0 bridgehead atoms. The molecule has 1 amide bonds. The number of nitrogens with two attached hydrogens (primary N) is 1. The Balaban J connectivity index is 0.00000342. The Kier molecular flexibility index (Phi) is 8.85. The number of hydrogen-bond acceptors (Lipinski definition) is 13. The fourth-order valence-electron chi connectivity index (χ4n) is 3.21. The Hall–Kier alpha value is -2.14. The van der Waals surface area contributed by atoms with Crippen molar-refractivity contribution in [3.05, 3.63) is 38.3 Å². The molecule has 0 spiro atoms. The van der Waals surface area contributed by atoms with Crippen LogP contribution in [-0.2, 0) is 9.59 Å². The number of fused-ring (bicyclic) bond motifs is 1. The van der Waals surface area contributed by atoms with Crippen LogP contribution in [0.25, 0.3) is 6.08 Å². The number of carboxylic acids is 1. The van der Waals surface area contributed by atoms with Crippen molar-refractivity contribution in [1.82, 2.24) is 14.3 Å². The zero-order valence-electron chi connectivity index (χ0n) is 18.0. The minimum absolute atomic E-state index is 0. The maximum absolute atomic E-state index is 12.8. The normalized spacial score (nSPS) is 20.5. The summed E-state index contributed by atoms with van der Waals surface area (Å²) in [5.41, 5.74) is 5.06. The number of rotatable bonds is 7. The summed E-state index contributed by atoms with van der Waals surface area (Å²) in [5, 5.41) is 33.9. The van der Waals surface area contributed by atoms with Crippen LogP contribution in [0, 0.1) is 0 Å². The van der Waals surface area contributed by atoms with Crippen LogP contribution in [-0.4, -0.2) is 72.3 Å². The summed E-state index contributed by atoms with van der Waals surface area (Å²) in [6, 6.07) is 0.535. The second-order valence-corrected chi connectivity index (χ2v) is 10.3. The number of anilines is 1. The van der Waals surface area contributed by atoms with Gasteiger partial charge in [0.05, 0.1) is 12.0 Å². The molecule has 2 aromatic rings. The van der Waals surface area contributed by atoms with E-state index in [1.54, 1.807) is 18.2 Å². The first-order chi connectivity index (χ1) is 16.2. The van der Waals surface area contributed by atoms with Crippen molar-refractivity contribution in [3.63, 3.8) is 0 Å². The van der Waals surface area contributed by atoms with Crippen molar-refractivity contribution in [2.24, 2.45) is 10.1 Å². The molecule has 4 rings (SSSR count). The first kappa shape index (κ1) is 27.4. The molecular formula is C18H14ClN6NaO6S3. The third-order valence-corrected chi connectivity index (χ3v) is 7.83. The minimum atomic E-state index is -1.28. The van der Waals surface area contributed by atoms with Gasteiger partial charge in [0.25, 0.3) is 5.91 Å². The Labute approximate surface area is 237 Å². The molecule has 2 aliphatic heterocycles. The van der Waals surface area contributed by atoms with Crippen LogP contribution >= 0.6 is 46.2 Å². The maximum atomic E-state index is 12.8. The summed E-state index contributed by atoms with van der Waals surface area (Å²) in [7, 11) is 1.49. The Morgan fingerprint density at radius 1 is 1.46 bits per heavy atom. The molecule has 0 radical (unpaired) electrons. The maximum Gasteiger partial charge on any atom is 1.00 e. The van der Waals surface area contributed by atoms with Crippen molar-refractivity contribution in [2.75, 3.05) is 18.6 Å². The zero-order chi connectivity index (χ0) is 24.6. The number of ether oxygens (including phenoxy) is 1. The van der Waals surface area contributed by atoms with Crippen molar-refractivity contribution < 1.29 is 59.3 Å². The van der Waals surface area contributed by atoms with E-state index in [-0.39, 0.29) is 56.2 Å². The number of aliphatic imine (C=N–C) groups is 1. The number of nitrogens with zero attached hydrogens (tertiary/aromatic N) is 5. The molecule has 0 unspecified atom stereocenters. The van der Waals surface area contributed by atoms with Gasteiger partial charge in [-0.25, -0.2) is 9.78 Å². The molecule has 0 aromatic carbocycles. The molecule has 17 heteroatoms. The number of halogens is 1. The van der Waals surface area contributed by atoms with E-state index in [2.05, 4.69) is 19.5 Å². The van der Waals surface area contributed by atoms with Crippen LogP contribution in [0.4, 0.5) is 5.13 Å². The van der Waals surface area contributed by atoms with Gasteiger partial charge in [-0.2, -0.15) is 4.37 Å². The van der Waals surface area contributed by atoms with Gasteiger partial charge in [0.1, 0.15) is 26.8 Å². The molecule has 0 saturated carbocycles. The minimum Gasteiger partial charge on any atom is -0.857 e. The number of β-lactam (4-membered cyclic amide) rings is 1. The average Bonchev–Trinajstić information content (AvgIpc) is 3.41. The van der Waals surface area contributed by atoms with Crippen LogP contribution in [0.2, 0.25) is 4.34 Å². The van der Waals surface area contributed by atoms with Gasteiger partial charge < -0.3 is 25.9 Å². The number of amides is 1. The van der Waals surface area contributed by atoms with E-state index < -0.39 is 34.9 Å². The van der Waals surface area contributed by atoms with E-state index in [4.69, 9.17) is 22.1 Å². The van der Waals surface area contributed by atoms with E-state index >= 15 is 0 Å². The van der Waals surface area contributed by atoms with Crippen LogP contribution in [0.15, 0.2) is 33.6 Å². The van der Waals surface area contributed by atoms with E-state index in [1.807, 2.05) is 0 Å². The van der Waals surface area contributed by atoms with Crippen molar-refractivity contribution in [3.8, 4) is 5.88 Å². The number of allylic oxidation sites excluding steroid dienone is 1. The van der Waals surface area contributed by atoms with Gasteiger partial charge in [-0.05, 0) is 23.2 Å². The standard InChI is InChI=1S/C18H15ClN6O6S3.Na/c1-31-8-4-7(34-24-8)3-2-6-5-32-16-11(15(27)25(16)12(6)17(28)29)21-14(26)10(23-30)9-13(19)33-18(20)22-9;/h2-4,11,16,30H,5H2,1H3,(H2,20,22)(H,21,26)(H,28,29);/q;+1/p-1/b3-2+,23-10-;/t11-,16-;/m1./s1. The van der Waals surface area contributed by atoms with E-state index in [0.717, 1.165) is 21.1 Å². The van der Waals surface area contributed by atoms with Crippen LogP contribution in [0.1, 0.15) is 10.6 Å². The second kappa shape index (κ2) is 11.3. The zero-order valence-corrected chi connectivity index (χ0v) is 23.2. The largest absolute Gasteiger partial charge is 1.00 e. The third-order valence-electron chi connectivity index (χ3n) is 4.72. The summed E-state index contributed by atoms with van der Waals surface area (Å²) >= 11 is 9.27. The summed E-state index contributed by atoms with van der Waals surface area (Å²) in [6.45, 7) is 0. The molecule has 12 nitrogen and oxygen atoms in total. The van der Waals surface area contributed by atoms with Crippen LogP contribution < -0.4 is 45.1 Å². The van der Waals surface area contributed by atoms with Crippen molar-refractivity contribution >= 4 is 80.9 Å². The molecule has 4 N–H and O–H groups in total. The number of oxime groups is 1. The summed E-state index contributed by atoms with van der Waals surface area (Å²) in [6.07, 6.45) is 3.29. The molecule has 35 heavy (non-hydrogen) atoms. The molecule has 4 heterocycles. The van der Waals surface area contributed by atoms with Gasteiger partial charge in [0.15, 0.2) is 11.2 Å². The number of aromatic nitrogens is 2. The number of nitrogen functional groups attached to an aromatic ring is 1. The summed E-state index contributed by atoms with van der Waals surface area (Å²) < 4.78 is 9.12. The topological polar surface area (TPSA) is 187 Å². The molecule has 2 aromatic heterocycles. The number of thioether (sulfide) groups is 1. The van der Waals surface area contributed by atoms with Gasteiger partial charge in [-0.15, -0.1) is 11.8 Å². The number of methoxy groups -OCH3 is 1. The molecular weight excluding hydrogens is 551 g/mol. The van der Waals surface area contributed by atoms with E-state index in [9.17, 15) is 25.0 Å². The smallest absolute Gasteiger partial charge is 0.857 e. The first-order valence-electron chi connectivity index (χ1n) is 9.24. The van der Waals surface area contributed by atoms with Gasteiger partial charge in [-0.1, -0.05) is 34.2 Å². The third kappa shape index (κ3) is 5.35. The fraction of sp³-hybridized carbons (Fsp3) is 0.222. The van der Waals surface area contributed by atoms with Gasteiger partial charge in [-0.3, -0.25) is 14.7 Å². The van der Waals surface area contributed by atoms with E-state index in [0.29, 0.717) is 11.5 Å². The van der Waals surface area contributed by atoms with Crippen LogP contribution in [0.3, 0.4) is 0 Å². The Morgan fingerprint density at radius 3 is 2.77 bits per heavy atom. The van der Waals surface area contributed by atoms with Gasteiger partial charge in [0.2, 0.25) is 5.88 Å². The predicted octanol–water partition coefficient (Wildman–Crippen LogP) is -1.88. The van der Waals surface area contributed by atoms with E-state index in [1.165, 1.54) is 30.4 Å². The number of thiazole rings is 1. The van der Waals surface area contributed by atoms with Crippen LogP contribution in [0.5, 0.6) is 5.88 Å². The number of hydrogen-bond donors (Lipinski definition) is 3. The van der Waals surface area contributed by atoms with Gasteiger partial charge >= 0.3 is 35.5 Å². The molecule has 1 fully saturated rings. The molecule has 1 saturated heterocycles. The number of carbonyl (C=O) groups excluding carboxylic acids is 1. The number of aliphatic carboxylic acids is 1. The Morgan fingerprint density at radius 2 is 2.20 bits per heavy atom. The van der Waals surface area contributed by atoms with Crippen molar-refractivity contribution in [1.29, 1.82) is 0 Å². The quantitative estimate of drug-likeness (QED) is 0.0857. The molecule has 0 aliphatic carbocycles. The summed E-state index contributed by atoms with van der Waals surface area (Å²) in [5.74, 6) is -2.28. The van der Waals surface area contributed by atoms with Gasteiger partial charge in [0, 0.05) is 17.7 Å². The number of carboxylic acid groups (broad SMARTS) is 1. The number of carbonyl (C=O) groups is 2. The summed E-state index contributed by atoms with van der Waals surface area (Å²) in [4.78, 5) is 34.3. The monoisotopic (exact) mass is 564 g/mol. The van der Waals surface area contributed by atoms with Crippen molar-refractivity contribution in [2.45, 2.75) is 11.4 Å². The predicted molar refractivity (Wildman–Crippen MR) is 127 cm³/mol.